The Hall–Kier alpha value is -7.04. The molecule has 0 amide bonds. The molecule has 0 bridgehead atoms. The fourth-order valence-electron chi connectivity index (χ4n) is 7.53. The van der Waals surface area contributed by atoms with Gasteiger partial charge in [0.05, 0.1) is 16.9 Å². The van der Waals surface area contributed by atoms with Gasteiger partial charge in [-0.05, 0) is 106 Å². The third-order valence-corrected chi connectivity index (χ3v) is 10.2. The molecule has 256 valence electrons. The maximum Gasteiger partial charge on any atom is 0.0791 e. The van der Waals surface area contributed by atoms with Crippen molar-refractivity contribution in [2.75, 3.05) is 0 Å². The van der Waals surface area contributed by atoms with Gasteiger partial charge < -0.3 is 0 Å². The number of benzene rings is 6. The van der Waals surface area contributed by atoms with Gasteiger partial charge in [-0.3, -0.25) is 15.0 Å². The van der Waals surface area contributed by atoms with Gasteiger partial charge in [0.2, 0.25) is 0 Å². The van der Waals surface area contributed by atoms with Crippen LogP contribution in [-0.2, 0) is 0 Å². The highest BCUT2D eigenvalue weighted by Gasteiger charge is 2.20. The maximum atomic E-state index is 5.29. The molecule has 0 unspecified atom stereocenters. The van der Waals surface area contributed by atoms with Crippen LogP contribution in [-0.4, -0.2) is 21.2 Å². The Kier molecular flexibility index (Phi) is 8.62. The minimum atomic E-state index is 0.892. The molecule has 0 N–H and O–H groups in total. The summed E-state index contributed by atoms with van der Waals surface area (Å²) in [6.45, 7) is 4.45. The van der Waals surface area contributed by atoms with E-state index in [2.05, 4.69) is 145 Å². The zero-order chi connectivity index (χ0) is 36.4. The van der Waals surface area contributed by atoms with Crippen LogP contribution >= 0.6 is 0 Å². The van der Waals surface area contributed by atoms with Crippen molar-refractivity contribution in [2.45, 2.75) is 13.8 Å². The zero-order valence-electron chi connectivity index (χ0n) is 30.1. The second-order valence-electron chi connectivity index (χ2n) is 13.6. The summed E-state index contributed by atoms with van der Waals surface area (Å²) in [5.74, 6) is 0. The second-order valence-corrected chi connectivity index (χ2v) is 13.6. The van der Waals surface area contributed by atoms with Gasteiger partial charge in [0, 0.05) is 64.0 Å². The van der Waals surface area contributed by atoms with Crippen molar-refractivity contribution in [3.8, 4) is 55.8 Å². The first-order valence-corrected chi connectivity index (χ1v) is 18.2. The molecule has 0 spiro atoms. The summed E-state index contributed by atoms with van der Waals surface area (Å²) in [6.07, 6.45) is 9.41. The fraction of sp³-hybridized carbons (Fsp3) is 0.0400. The lowest BCUT2D eigenvalue weighted by atomic mass is 9.87. The Bertz CT molecular complexity index is 2760. The molecule has 9 aromatic rings. The summed E-state index contributed by atoms with van der Waals surface area (Å²) in [6, 6.07) is 53.2. The Morgan fingerprint density at radius 2 is 1.09 bits per heavy atom. The molecule has 0 radical (unpaired) electrons. The summed E-state index contributed by atoms with van der Waals surface area (Å²) >= 11 is 0. The zero-order valence-corrected chi connectivity index (χ0v) is 30.1. The Morgan fingerprint density at radius 3 is 1.76 bits per heavy atom. The minimum Gasteiger partial charge on any atom is -0.264 e. The van der Waals surface area contributed by atoms with Crippen molar-refractivity contribution in [1.29, 1.82) is 0 Å². The van der Waals surface area contributed by atoms with E-state index in [1.807, 2.05) is 61.3 Å². The van der Waals surface area contributed by atoms with Gasteiger partial charge in [-0.15, -0.1) is 0 Å². The van der Waals surface area contributed by atoms with E-state index in [-0.39, 0.29) is 0 Å². The summed E-state index contributed by atoms with van der Waals surface area (Å²) in [7, 11) is 0. The molecular weight excluding hydrogens is 657 g/mol. The molecule has 6 aromatic carbocycles. The number of aliphatic imine (C=N–C) groups is 1. The molecule has 9 rings (SSSR count). The molecule has 0 aliphatic heterocycles. The van der Waals surface area contributed by atoms with E-state index < -0.39 is 0 Å². The highest BCUT2D eigenvalue weighted by atomic mass is 14.7. The largest absolute Gasteiger partial charge is 0.264 e. The summed E-state index contributed by atoms with van der Waals surface area (Å²) in [5.41, 5.74) is 16.1. The third kappa shape index (κ3) is 6.24. The van der Waals surface area contributed by atoms with Gasteiger partial charge in [0.1, 0.15) is 0 Å². The molecule has 0 atom stereocenters. The van der Waals surface area contributed by atoms with Crippen LogP contribution in [0.3, 0.4) is 0 Å². The Balaban J connectivity index is 1.28. The van der Waals surface area contributed by atoms with Crippen LogP contribution in [0.25, 0.3) is 77.4 Å². The average Bonchev–Trinajstić information content (AvgIpc) is 3.24. The van der Waals surface area contributed by atoms with Gasteiger partial charge in [0.15, 0.2) is 0 Å². The average molecular weight is 693 g/mol. The van der Waals surface area contributed by atoms with Crippen LogP contribution in [0.15, 0.2) is 181 Å². The number of aromatic nitrogens is 3. The van der Waals surface area contributed by atoms with Crippen LogP contribution in [0.1, 0.15) is 16.7 Å². The van der Waals surface area contributed by atoms with Crippen molar-refractivity contribution < 1.29 is 0 Å². The first-order chi connectivity index (χ1) is 26.6. The van der Waals surface area contributed by atoms with Crippen LogP contribution in [0, 0.1) is 13.8 Å². The lowest BCUT2D eigenvalue weighted by molar-refractivity contribution is 1.32. The molecule has 0 fully saturated rings. The molecule has 0 aliphatic carbocycles. The van der Waals surface area contributed by atoms with E-state index in [4.69, 9.17) is 9.98 Å². The number of hydrogen-bond donors (Lipinski definition) is 0. The van der Waals surface area contributed by atoms with Gasteiger partial charge in [-0.2, -0.15) is 0 Å². The molecule has 4 nitrogen and oxygen atoms in total. The number of fused-ring (bicyclic) bond motifs is 3. The van der Waals surface area contributed by atoms with Crippen LogP contribution in [0.4, 0.5) is 5.69 Å². The fourth-order valence-corrected chi connectivity index (χ4v) is 7.53. The molecule has 54 heavy (non-hydrogen) atoms. The van der Waals surface area contributed by atoms with Crippen molar-refractivity contribution in [3.63, 3.8) is 0 Å². The van der Waals surface area contributed by atoms with Crippen molar-refractivity contribution in [1.82, 2.24) is 15.0 Å². The van der Waals surface area contributed by atoms with Crippen LogP contribution in [0.2, 0.25) is 0 Å². The van der Waals surface area contributed by atoms with E-state index in [0.29, 0.717) is 0 Å². The summed E-state index contributed by atoms with van der Waals surface area (Å²) < 4.78 is 0. The molecule has 0 saturated carbocycles. The minimum absolute atomic E-state index is 0.892. The maximum absolute atomic E-state index is 5.29. The van der Waals surface area contributed by atoms with Crippen molar-refractivity contribution in [3.05, 3.63) is 193 Å². The van der Waals surface area contributed by atoms with Crippen LogP contribution < -0.4 is 0 Å². The number of para-hydroxylation sites is 1. The first-order valence-electron chi connectivity index (χ1n) is 18.2. The summed E-state index contributed by atoms with van der Waals surface area (Å²) in [4.78, 5) is 19.4. The van der Waals surface area contributed by atoms with Gasteiger partial charge in [-0.1, -0.05) is 109 Å². The van der Waals surface area contributed by atoms with E-state index in [1.54, 1.807) is 0 Å². The van der Waals surface area contributed by atoms with E-state index in [0.717, 1.165) is 77.9 Å². The summed E-state index contributed by atoms with van der Waals surface area (Å²) in [5, 5.41) is 3.57. The van der Waals surface area contributed by atoms with Gasteiger partial charge >= 0.3 is 0 Å². The monoisotopic (exact) mass is 692 g/mol. The normalized spacial score (nSPS) is 11.4. The molecule has 0 aliphatic rings. The molecule has 0 saturated heterocycles. The number of aryl methyl sites for hydroxylation is 2. The van der Waals surface area contributed by atoms with E-state index in [1.165, 1.54) is 21.9 Å². The highest BCUT2D eigenvalue weighted by molar-refractivity contribution is 6.15. The van der Waals surface area contributed by atoms with E-state index in [9.17, 15) is 0 Å². The number of rotatable bonds is 7. The highest BCUT2D eigenvalue weighted by Crippen LogP contribution is 2.44. The second kappa shape index (κ2) is 14.2. The van der Waals surface area contributed by atoms with Crippen LogP contribution in [0.5, 0.6) is 0 Å². The smallest absolute Gasteiger partial charge is 0.0791 e. The number of nitrogens with zero attached hydrogens (tertiary/aromatic N) is 4. The Labute approximate surface area is 315 Å². The predicted octanol–water partition coefficient (Wildman–Crippen LogP) is 12.9. The SMILES string of the molecule is Cc1c(-c2ccc(-c3cc(-c4cccnc4)cc(-c4cccnc4)c3)cc2N=Cc2ccccc2)cc(C)c2c1c(-c1ccccc1)nc1ccccc12. The third-order valence-electron chi connectivity index (χ3n) is 10.2. The van der Waals surface area contributed by atoms with Gasteiger partial charge in [-0.25, -0.2) is 4.98 Å². The number of pyridine rings is 3. The first kappa shape index (κ1) is 32.8. The molecular formula is C50H36N4. The lowest BCUT2D eigenvalue weighted by Crippen LogP contribution is -1.97. The topological polar surface area (TPSA) is 51.0 Å². The quantitative estimate of drug-likeness (QED) is 0.123. The number of hydrogen-bond acceptors (Lipinski definition) is 4. The Morgan fingerprint density at radius 1 is 0.481 bits per heavy atom. The van der Waals surface area contributed by atoms with E-state index >= 15 is 0 Å². The standard InChI is InChI=1S/C50H36N4/c1-33-25-45(34(2)49-48(33)44-19-9-10-20-46(44)54-50(49)36-15-7-4-8-16-36)43-22-21-37(29-47(43)53-30-35-13-5-3-6-14-35)40-26-41(38-17-11-23-51-31-38)28-42(27-40)39-18-12-24-52-32-39/h3-32H,1-2H3. The van der Waals surface area contributed by atoms with Crippen molar-refractivity contribution in [2.24, 2.45) is 4.99 Å². The molecule has 4 heteroatoms. The van der Waals surface area contributed by atoms with Gasteiger partial charge in [0.25, 0.3) is 0 Å². The lowest BCUT2D eigenvalue weighted by Gasteiger charge is -2.19. The van der Waals surface area contributed by atoms with Crippen molar-refractivity contribution >= 4 is 33.6 Å². The predicted molar refractivity (Wildman–Crippen MR) is 225 cm³/mol. The molecule has 3 heterocycles. The molecule has 3 aromatic heterocycles.